The zero-order valence-electron chi connectivity index (χ0n) is 8.66. The van der Waals surface area contributed by atoms with Gasteiger partial charge >= 0.3 is 0 Å². The van der Waals surface area contributed by atoms with E-state index >= 15 is 0 Å². The van der Waals surface area contributed by atoms with Crippen molar-refractivity contribution in [1.29, 1.82) is 0 Å². The zero-order valence-corrected chi connectivity index (χ0v) is 10.3. The molecule has 3 nitrogen and oxygen atoms in total. The Morgan fingerprint density at radius 2 is 2.40 bits per heavy atom. The van der Waals surface area contributed by atoms with E-state index in [-0.39, 0.29) is 6.04 Å². The molecule has 82 valence electrons. The molecule has 0 amide bonds. The van der Waals surface area contributed by atoms with Crippen LogP contribution in [0.1, 0.15) is 18.0 Å². The fraction of sp³-hybridized carbons (Fsp3) is 0.273. The van der Waals surface area contributed by atoms with Crippen molar-refractivity contribution < 1.29 is 4.74 Å². The van der Waals surface area contributed by atoms with Crippen LogP contribution in [-0.4, -0.2) is 7.11 Å². The predicted octanol–water partition coefficient (Wildman–Crippen LogP) is 2.54. The van der Waals surface area contributed by atoms with Crippen LogP contribution in [0.15, 0.2) is 35.3 Å². The Balaban J connectivity index is 3.04. The Morgan fingerprint density at radius 1 is 1.67 bits per heavy atom. The number of ether oxygens (including phenoxy) is 1. The minimum Gasteiger partial charge on any atom is -0.496 e. The molecule has 0 radical (unpaired) electrons. The first kappa shape index (κ1) is 12.2. The topological polar surface area (TPSA) is 47.3 Å². The summed E-state index contributed by atoms with van der Waals surface area (Å²) in [5, 5.41) is 0. The lowest BCUT2D eigenvalue weighted by molar-refractivity contribution is 0.399. The van der Waals surface area contributed by atoms with Crippen LogP contribution in [0.4, 0.5) is 0 Å². The lowest BCUT2D eigenvalue weighted by Crippen LogP contribution is -2.27. The van der Waals surface area contributed by atoms with Crippen molar-refractivity contribution in [3.05, 3.63) is 40.9 Å². The summed E-state index contributed by atoms with van der Waals surface area (Å²) in [5.41, 5.74) is 3.78. The molecule has 0 saturated heterocycles. The van der Waals surface area contributed by atoms with Gasteiger partial charge in [0.05, 0.1) is 13.2 Å². The number of hydrogen-bond donors (Lipinski definition) is 2. The third kappa shape index (κ3) is 3.06. The average Bonchev–Trinajstić information content (AvgIpc) is 2.26. The van der Waals surface area contributed by atoms with E-state index in [1.807, 2.05) is 24.3 Å². The lowest BCUT2D eigenvalue weighted by atomic mass is 10.0. The molecule has 0 saturated carbocycles. The van der Waals surface area contributed by atoms with Crippen LogP contribution in [-0.2, 0) is 0 Å². The monoisotopic (exact) mass is 270 g/mol. The number of rotatable bonds is 5. The Morgan fingerprint density at radius 3 is 2.93 bits per heavy atom. The van der Waals surface area contributed by atoms with Crippen molar-refractivity contribution in [3.63, 3.8) is 0 Å². The second kappa shape index (κ2) is 5.90. The Kier molecular flexibility index (Phi) is 4.81. The van der Waals surface area contributed by atoms with E-state index < -0.39 is 0 Å². The highest BCUT2D eigenvalue weighted by atomic mass is 79.9. The van der Waals surface area contributed by atoms with E-state index in [2.05, 4.69) is 27.9 Å². The molecule has 4 heteroatoms. The fourth-order valence-electron chi connectivity index (χ4n) is 1.42. The number of nitrogens with two attached hydrogens (primary N) is 1. The van der Waals surface area contributed by atoms with Gasteiger partial charge in [0.25, 0.3) is 0 Å². The largest absolute Gasteiger partial charge is 0.496 e. The van der Waals surface area contributed by atoms with Gasteiger partial charge in [-0.05, 0) is 18.6 Å². The quantitative estimate of drug-likeness (QED) is 0.491. The van der Waals surface area contributed by atoms with E-state index in [4.69, 9.17) is 10.6 Å². The van der Waals surface area contributed by atoms with E-state index in [0.717, 1.165) is 22.2 Å². The van der Waals surface area contributed by atoms with Crippen molar-refractivity contribution in [2.75, 3.05) is 7.11 Å². The molecule has 0 heterocycles. The predicted molar refractivity (Wildman–Crippen MR) is 65.6 cm³/mol. The van der Waals surface area contributed by atoms with Crippen LogP contribution >= 0.6 is 15.9 Å². The third-order valence-corrected chi connectivity index (χ3v) is 2.67. The highest BCUT2D eigenvalue weighted by Gasteiger charge is 2.13. The van der Waals surface area contributed by atoms with Gasteiger partial charge in [0.15, 0.2) is 0 Å². The molecule has 0 aliphatic carbocycles. The summed E-state index contributed by atoms with van der Waals surface area (Å²) < 4.78 is 6.28. The Bertz CT molecular complexity index is 341. The maximum atomic E-state index is 5.49. The van der Waals surface area contributed by atoms with Crippen molar-refractivity contribution in [3.8, 4) is 5.75 Å². The van der Waals surface area contributed by atoms with Gasteiger partial charge in [-0.2, -0.15) is 0 Å². The molecule has 0 spiro atoms. The standard InChI is InChI=1S/C11H15BrN2O/c1-3-4-10(14-13)9-6-5-8(12)7-11(9)15-2/h3,5-7,10,14H,1,4,13H2,2H3. The Hall–Kier alpha value is -0.840. The summed E-state index contributed by atoms with van der Waals surface area (Å²) in [7, 11) is 1.65. The molecule has 1 unspecified atom stereocenters. The van der Waals surface area contributed by atoms with Gasteiger partial charge in [0, 0.05) is 10.0 Å². The molecular formula is C11H15BrN2O. The third-order valence-electron chi connectivity index (χ3n) is 2.17. The van der Waals surface area contributed by atoms with Crippen LogP contribution in [0.25, 0.3) is 0 Å². The summed E-state index contributed by atoms with van der Waals surface area (Å²) in [5.74, 6) is 6.30. The van der Waals surface area contributed by atoms with Crippen LogP contribution in [0.5, 0.6) is 5.75 Å². The minimum absolute atomic E-state index is 0.0329. The van der Waals surface area contributed by atoms with Crippen molar-refractivity contribution in [2.45, 2.75) is 12.5 Å². The zero-order chi connectivity index (χ0) is 11.3. The maximum absolute atomic E-state index is 5.49. The molecule has 0 aliphatic rings. The molecule has 0 fully saturated rings. The maximum Gasteiger partial charge on any atom is 0.124 e. The first-order valence-electron chi connectivity index (χ1n) is 4.63. The summed E-state index contributed by atoms with van der Waals surface area (Å²) >= 11 is 3.40. The number of hydrogen-bond acceptors (Lipinski definition) is 3. The lowest BCUT2D eigenvalue weighted by Gasteiger charge is -2.17. The molecule has 1 aromatic rings. The number of halogens is 1. The molecule has 1 atom stereocenters. The van der Waals surface area contributed by atoms with Gasteiger partial charge in [-0.3, -0.25) is 11.3 Å². The number of nitrogens with one attached hydrogen (secondary N) is 1. The van der Waals surface area contributed by atoms with Gasteiger partial charge in [-0.1, -0.05) is 28.1 Å². The minimum atomic E-state index is 0.0329. The number of methoxy groups -OCH3 is 1. The van der Waals surface area contributed by atoms with Crippen LogP contribution < -0.4 is 16.0 Å². The van der Waals surface area contributed by atoms with Gasteiger partial charge in [0.1, 0.15) is 5.75 Å². The molecular weight excluding hydrogens is 256 g/mol. The first-order valence-corrected chi connectivity index (χ1v) is 5.42. The average molecular weight is 271 g/mol. The molecule has 1 rings (SSSR count). The summed E-state index contributed by atoms with van der Waals surface area (Å²) in [6.45, 7) is 3.70. The van der Waals surface area contributed by atoms with Crippen LogP contribution in [0.2, 0.25) is 0 Å². The van der Waals surface area contributed by atoms with E-state index in [0.29, 0.717) is 0 Å². The molecule has 0 aliphatic heterocycles. The number of hydrazine groups is 1. The second-order valence-electron chi connectivity index (χ2n) is 3.13. The molecule has 0 aromatic heterocycles. The van der Waals surface area contributed by atoms with Crippen molar-refractivity contribution in [1.82, 2.24) is 5.43 Å². The van der Waals surface area contributed by atoms with Crippen molar-refractivity contribution >= 4 is 15.9 Å². The molecule has 15 heavy (non-hydrogen) atoms. The second-order valence-corrected chi connectivity index (χ2v) is 4.05. The summed E-state index contributed by atoms with van der Waals surface area (Å²) in [6.07, 6.45) is 2.58. The van der Waals surface area contributed by atoms with Crippen LogP contribution in [0, 0.1) is 0 Å². The normalized spacial score (nSPS) is 12.2. The number of benzene rings is 1. The molecule has 3 N–H and O–H groups in total. The smallest absolute Gasteiger partial charge is 0.124 e. The Labute approximate surface area is 98.4 Å². The summed E-state index contributed by atoms with van der Waals surface area (Å²) in [6, 6.07) is 5.90. The first-order chi connectivity index (χ1) is 7.22. The summed E-state index contributed by atoms with van der Waals surface area (Å²) in [4.78, 5) is 0. The molecule has 0 bridgehead atoms. The van der Waals surface area contributed by atoms with Gasteiger partial charge in [0.2, 0.25) is 0 Å². The SMILES string of the molecule is C=CCC(NN)c1ccc(Br)cc1OC. The molecule has 1 aromatic carbocycles. The van der Waals surface area contributed by atoms with E-state index in [1.165, 1.54) is 0 Å². The fourth-order valence-corrected chi connectivity index (χ4v) is 1.76. The highest BCUT2D eigenvalue weighted by molar-refractivity contribution is 9.10. The highest BCUT2D eigenvalue weighted by Crippen LogP contribution is 2.29. The van der Waals surface area contributed by atoms with Crippen molar-refractivity contribution in [2.24, 2.45) is 5.84 Å². The van der Waals surface area contributed by atoms with E-state index in [1.54, 1.807) is 7.11 Å². The van der Waals surface area contributed by atoms with Gasteiger partial charge in [-0.25, -0.2) is 0 Å². The van der Waals surface area contributed by atoms with Crippen LogP contribution in [0.3, 0.4) is 0 Å². The van der Waals surface area contributed by atoms with E-state index in [9.17, 15) is 0 Å². The van der Waals surface area contributed by atoms with Gasteiger partial charge < -0.3 is 4.74 Å². The van der Waals surface area contributed by atoms with Gasteiger partial charge in [-0.15, -0.1) is 6.58 Å².